The van der Waals surface area contributed by atoms with Gasteiger partial charge in [0.25, 0.3) is 0 Å². The highest BCUT2D eigenvalue weighted by molar-refractivity contribution is 7.14. The van der Waals surface area contributed by atoms with Crippen molar-refractivity contribution in [2.45, 2.75) is 27.3 Å². The Balaban J connectivity index is 2.97. The zero-order valence-corrected chi connectivity index (χ0v) is 12.4. The molecule has 0 aliphatic heterocycles. The highest BCUT2D eigenvalue weighted by Gasteiger charge is 2.21. The molecule has 0 atom stereocenters. The van der Waals surface area contributed by atoms with Gasteiger partial charge in [0.05, 0.1) is 11.5 Å². The molecule has 0 aliphatic carbocycles. The second-order valence-electron chi connectivity index (χ2n) is 4.13. The molecule has 0 amide bonds. The van der Waals surface area contributed by atoms with Crippen molar-refractivity contribution >= 4 is 28.8 Å². The fraction of sp³-hybridized carbons (Fsp3) is 0.583. The van der Waals surface area contributed by atoms with Crippen molar-refractivity contribution in [3.8, 4) is 0 Å². The van der Waals surface area contributed by atoms with E-state index in [1.165, 1.54) is 0 Å². The van der Waals surface area contributed by atoms with Gasteiger partial charge in [0, 0.05) is 14.1 Å². The van der Waals surface area contributed by atoms with Gasteiger partial charge in [-0.15, -0.1) is 0 Å². The van der Waals surface area contributed by atoms with E-state index in [-0.39, 0.29) is 12.5 Å². The van der Waals surface area contributed by atoms with Crippen molar-refractivity contribution < 1.29 is 14.1 Å². The molecule has 6 heteroatoms. The molecule has 0 saturated carbocycles. The van der Waals surface area contributed by atoms with Crippen molar-refractivity contribution in [2.75, 3.05) is 20.7 Å². The monoisotopic (exact) mass is 270 g/mol. The van der Waals surface area contributed by atoms with E-state index in [1.54, 1.807) is 24.6 Å². The molecular formula is C12H20N3O2S+. The van der Waals surface area contributed by atoms with E-state index in [4.69, 9.17) is 4.74 Å². The Bertz CT molecular complexity index is 452. The first-order valence-corrected chi connectivity index (χ1v) is 6.63. The topological polar surface area (TPSA) is 45.8 Å². The molecule has 0 bridgehead atoms. The molecule has 0 saturated heterocycles. The van der Waals surface area contributed by atoms with Crippen molar-refractivity contribution in [1.82, 2.24) is 4.90 Å². The number of hydrogen-bond donors (Lipinski definition) is 0. The van der Waals surface area contributed by atoms with E-state index in [9.17, 15) is 4.79 Å². The van der Waals surface area contributed by atoms with Crippen LogP contribution in [0.25, 0.3) is 0 Å². The zero-order valence-electron chi connectivity index (χ0n) is 11.6. The Morgan fingerprint density at radius 2 is 2.17 bits per heavy atom. The molecule has 0 fully saturated rings. The minimum Gasteiger partial charge on any atom is -0.463 e. The van der Waals surface area contributed by atoms with Crippen molar-refractivity contribution in [2.24, 2.45) is 4.99 Å². The van der Waals surface area contributed by atoms with Crippen LogP contribution in [0.1, 0.15) is 17.5 Å². The molecule has 1 aromatic heterocycles. The molecule has 1 heterocycles. The Labute approximate surface area is 112 Å². The fourth-order valence-corrected chi connectivity index (χ4v) is 2.33. The third kappa shape index (κ3) is 3.80. The number of aryl methyl sites for hydroxylation is 1. The first-order valence-electron chi connectivity index (χ1n) is 5.81. The van der Waals surface area contributed by atoms with Crippen molar-refractivity contribution in [1.29, 1.82) is 0 Å². The second-order valence-corrected chi connectivity index (χ2v) is 5.31. The van der Waals surface area contributed by atoms with E-state index in [0.717, 1.165) is 15.7 Å². The number of rotatable bonds is 5. The van der Waals surface area contributed by atoms with Crippen LogP contribution in [-0.2, 0) is 16.1 Å². The first-order chi connectivity index (χ1) is 8.45. The zero-order chi connectivity index (χ0) is 13.7. The van der Waals surface area contributed by atoms with Gasteiger partial charge in [0.2, 0.25) is 6.34 Å². The second kappa shape index (κ2) is 6.49. The summed E-state index contributed by atoms with van der Waals surface area (Å²) in [4.78, 5) is 19.0. The third-order valence-corrected chi connectivity index (χ3v) is 3.49. The molecule has 0 radical (unpaired) electrons. The van der Waals surface area contributed by atoms with E-state index < -0.39 is 0 Å². The van der Waals surface area contributed by atoms with Crippen molar-refractivity contribution in [3.63, 3.8) is 0 Å². The van der Waals surface area contributed by atoms with Gasteiger partial charge in [-0.1, -0.05) is 0 Å². The van der Waals surface area contributed by atoms with E-state index in [0.29, 0.717) is 6.61 Å². The van der Waals surface area contributed by atoms with Gasteiger partial charge in [0.1, 0.15) is 5.69 Å². The molecule has 0 aromatic carbocycles. The number of esters is 1. The van der Waals surface area contributed by atoms with E-state index >= 15 is 0 Å². The molecule has 1 rings (SSSR count). The minimum atomic E-state index is -0.232. The number of aromatic nitrogens is 1. The Kier molecular flexibility index (Phi) is 5.27. The molecule has 0 N–H and O–H groups in total. The SMILES string of the molecule is CCOC(=O)C[n+]1c(N=CN(C)C)sc(C)c1C. The molecule has 1 aromatic rings. The van der Waals surface area contributed by atoms with Crippen LogP contribution in [-0.4, -0.2) is 37.9 Å². The van der Waals surface area contributed by atoms with Gasteiger partial charge in [-0.2, -0.15) is 0 Å². The summed E-state index contributed by atoms with van der Waals surface area (Å²) < 4.78 is 6.86. The fourth-order valence-electron chi connectivity index (χ4n) is 1.38. The molecule has 0 spiro atoms. The van der Waals surface area contributed by atoms with E-state index in [2.05, 4.69) is 4.99 Å². The smallest absolute Gasteiger partial charge is 0.384 e. The molecular weight excluding hydrogens is 250 g/mol. The summed E-state index contributed by atoms with van der Waals surface area (Å²) in [7, 11) is 3.82. The Hall–Kier alpha value is -1.43. The number of carbonyl (C=O) groups is 1. The van der Waals surface area contributed by atoms with Gasteiger partial charge in [-0.25, -0.2) is 9.36 Å². The van der Waals surface area contributed by atoms with Crippen molar-refractivity contribution in [3.05, 3.63) is 10.6 Å². The Morgan fingerprint density at radius 1 is 1.50 bits per heavy atom. The molecule has 0 unspecified atom stereocenters. The number of nitrogens with zero attached hydrogens (tertiary/aromatic N) is 3. The van der Waals surface area contributed by atoms with Crippen LogP contribution in [0.15, 0.2) is 4.99 Å². The predicted molar refractivity (Wildman–Crippen MR) is 72.5 cm³/mol. The summed E-state index contributed by atoms with van der Waals surface area (Å²) >= 11 is 1.57. The lowest BCUT2D eigenvalue weighted by atomic mass is 10.4. The lowest BCUT2D eigenvalue weighted by Crippen LogP contribution is -2.40. The number of carbonyl (C=O) groups excluding carboxylic acids is 1. The van der Waals surface area contributed by atoms with Crippen LogP contribution in [0, 0.1) is 13.8 Å². The normalized spacial score (nSPS) is 10.9. The number of hydrogen-bond acceptors (Lipinski definition) is 4. The minimum absolute atomic E-state index is 0.212. The molecule has 100 valence electrons. The highest BCUT2D eigenvalue weighted by Crippen LogP contribution is 2.21. The number of thiazole rings is 1. The standard InChI is InChI=1S/C12H20N3O2S/c1-6-17-11(16)7-15-9(2)10(3)18-12(15)13-8-14(4)5/h8H,6-7H2,1-5H3/q+1. The molecule has 18 heavy (non-hydrogen) atoms. The van der Waals surface area contributed by atoms with Crippen LogP contribution >= 0.6 is 11.3 Å². The maximum atomic E-state index is 11.6. The summed E-state index contributed by atoms with van der Waals surface area (Å²) in [5, 5.41) is 0.812. The third-order valence-electron chi connectivity index (χ3n) is 2.38. The summed E-state index contributed by atoms with van der Waals surface area (Å²) in [6.07, 6.45) is 1.73. The van der Waals surface area contributed by atoms with Crippen LogP contribution in [0.3, 0.4) is 0 Å². The average molecular weight is 270 g/mol. The number of ether oxygens (including phenoxy) is 1. The highest BCUT2D eigenvalue weighted by atomic mass is 32.1. The molecule has 5 nitrogen and oxygen atoms in total. The van der Waals surface area contributed by atoms with Gasteiger partial charge in [-0.3, -0.25) is 0 Å². The van der Waals surface area contributed by atoms with Crippen LogP contribution in [0.2, 0.25) is 0 Å². The van der Waals surface area contributed by atoms with Gasteiger partial charge in [0.15, 0.2) is 6.54 Å². The number of aliphatic imine (C=N–C) groups is 1. The van der Waals surface area contributed by atoms with Crippen LogP contribution in [0.5, 0.6) is 0 Å². The summed E-state index contributed by atoms with van der Waals surface area (Å²) in [6, 6.07) is 0. The Morgan fingerprint density at radius 3 is 2.72 bits per heavy atom. The van der Waals surface area contributed by atoms with Gasteiger partial charge >= 0.3 is 11.1 Å². The maximum absolute atomic E-state index is 11.6. The van der Waals surface area contributed by atoms with Gasteiger partial charge in [-0.05, 0) is 37.1 Å². The van der Waals surface area contributed by atoms with Gasteiger partial charge < -0.3 is 9.64 Å². The largest absolute Gasteiger partial charge is 0.463 e. The quantitative estimate of drug-likeness (QED) is 0.352. The lowest BCUT2D eigenvalue weighted by molar-refractivity contribution is -0.675. The molecule has 0 aliphatic rings. The van der Waals surface area contributed by atoms with Crippen LogP contribution in [0.4, 0.5) is 5.13 Å². The average Bonchev–Trinajstić information content (AvgIpc) is 2.54. The van der Waals surface area contributed by atoms with Crippen LogP contribution < -0.4 is 4.57 Å². The summed E-state index contributed by atoms with van der Waals surface area (Å²) in [6.45, 7) is 6.43. The maximum Gasteiger partial charge on any atom is 0.384 e. The lowest BCUT2D eigenvalue weighted by Gasteiger charge is -2.01. The van der Waals surface area contributed by atoms with E-state index in [1.807, 2.05) is 37.4 Å². The first kappa shape index (κ1) is 14.6. The predicted octanol–water partition coefficient (Wildman–Crippen LogP) is 1.44. The summed E-state index contributed by atoms with van der Waals surface area (Å²) in [5.41, 5.74) is 1.05. The summed E-state index contributed by atoms with van der Waals surface area (Å²) in [5.74, 6) is -0.232.